The Balaban J connectivity index is 2.12. The van der Waals surface area contributed by atoms with Crippen LogP contribution in [-0.2, 0) is 4.79 Å². The van der Waals surface area contributed by atoms with Crippen LogP contribution in [0.2, 0.25) is 5.02 Å². The lowest BCUT2D eigenvalue weighted by Crippen LogP contribution is -2.30. The Labute approximate surface area is 154 Å². The fourth-order valence-corrected chi connectivity index (χ4v) is 2.27. The Kier molecular flexibility index (Phi) is 5.98. The third kappa shape index (κ3) is 4.40. The number of nitro benzene ring substituents is 1. The van der Waals surface area contributed by atoms with E-state index in [1.165, 1.54) is 50.4 Å². The number of methoxy groups -OCH3 is 1. The summed E-state index contributed by atoms with van der Waals surface area (Å²) in [4.78, 5) is 22.6. The summed E-state index contributed by atoms with van der Waals surface area (Å²) in [5.74, 6) is -0.0993. The van der Waals surface area contributed by atoms with Gasteiger partial charge in [0.2, 0.25) is 0 Å². The topological polar surface area (TPSA) is 114 Å². The summed E-state index contributed by atoms with van der Waals surface area (Å²) in [6.07, 6.45) is -0.916. The highest BCUT2D eigenvalue weighted by Crippen LogP contribution is 2.30. The van der Waals surface area contributed by atoms with Crippen molar-refractivity contribution in [1.29, 1.82) is 5.26 Å². The third-order valence-electron chi connectivity index (χ3n) is 3.39. The number of nitrogens with one attached hydrogen (secondary N) is 1. The van der Waals surface area contributed by atoms with E-state index in [-0.39, 0.29) is 27.9 Å². The van der Waals surface area contributed by atoms with E-state index in [2.05, 4.69) is 5.32 Å². The molecule has 0 radical (unpaired) electrons. The number of nitrogens with zero attached hydrogens (tertiary/aromatic N) is 2. The standard InChI is InChI=1S/C17H14ClN3O5/c1-10(26-15-6-3-11(9-19)7-13(15)18)17(22)20-14-5-4-12(21(23)24)8-16(14)25-2/h3-8,10H,1-2H3,(H,20,22)/t10-/m1/s1. The van der Waals surface area contributed by atoms with Crippen molar-refractivity contribution in [3.63, 3.8) is 0 Å². The Morgan fingerprint density at radius 3 is 2.62 bits per heavy atom. The summed E-state index contributed by atoms with van der Waals surface area (Å²) in [5, 5.41) is 22.4. The number of rotatable bonds is 6. The quantitative estimate of drug-likeness (QED) is 0.610. The number of amides is 1. The van der Waals surface area contributed by atoms with Crippen LogP contribution in [0.1, 0.15) is 12.5 Å². The smallest absolute Gasteiger partial charge is 0.273 e. The lowest BCUT2D eigenvalue weighted by molar-refractivity contribution is -0.384. The zero-order chi connectivity index (χ0) is 19.3. The van der Waals surface area contributed by atoms with Crippen molar-refractivity contribution in [3.8, 4) is 17.6 Å². The van der Waals surface area contributed by atoms with Gasteiger partial charge in [-0.3, -0.25) is 14.9 Å². The molecule has 2 rings (SSSR count). The van der Waals surface area contributed by atoms with Gasteiger partial charge in [-0.05, 0) is 31.2 Å². The second-order valence-corrected chi connectivity index (χ2v) is 5.56. The SMILES string of the molecule is COc1cc([N+](=O)[O-])ccc1NC(=O)[C@@H](C)Oc1ccc(C#N)cc1Cl. The summed E-state index contributed by atoms with van der Waals surface area (Å²) >= 11 is 6.02. The van der Waals surface area contributed by atoms with E-state index < -0.39 is 16.9 Å². The largest absolute Gasteiger partial charge is 0.494 e. The minimum atomic E-state index is -0.916. The first-order chi connectivity index (χ1) is 12.3. The number of halogens is 1. The summed E-state index contributed by atoms with van der Waals surface area (Å²) < 4.78 is 10.6. The van der Waals surface area contributed by atoms with Crippen LogP contribution >= 0.6 is 11.6 Å². The van der Waals surface area contributed by atoms with E-state index in [1.807, 2.05) is 6.07 Å². The van der Waals surface area contributed by atoms with Gasteiger partial charge in [0, 0.05) is 6.07 Å². The summed E-state index contributed by atoms with van der Waals surface area (Å²) in [7, 11) is 1.34. The van der Waals surface area contributed by atoms with Gasteiger partial charge >= 0.3 is 0 Å². The van der Waals surface area contributed by atoms with E-state index in [4.69, 9.17) is 26.3 Å². The van der Waals surface area contributed by atoms with E-state index in [0.717, 1.165) is 0 Å². The van der Waals surface area contributed by atoms with Crippen molar-refractivity contribution in [2.75, 3.05) is 12.4 Å². The van der Waals surface area contributed by atoms with Gasteiger partial charge in [-0.15, -0.1) is 0 Å². The molecule has 1 atom stereocenters. The van der Waals surface area contributed by atoms with Gasteiger partial charge in [-0.1, -0.05) is 11.6 Å². The van der Waals surface area contributed by atoms with E-state index in [0.29, 0.717) is 5.56 Å². The molecule has 1 N–H and O–H groups in total. The maximum atomic E-state index is 12.3. The lowest BCUT2D eigenvalue weighted by atomic mass is 10.2. The van der Waals surface area contributed by atoms with Crippen molar-refractivity contribution < 1.29 is 19.2 Å². The molecule has 134 valence electrons. The molecule has 2 aromatic carbocycles. The number of nitro groups is 1. The number of non-ortho nitro benzene ring substituents is 1. The van der Waals surface area contributed by atoms with E-state index >= 15 is 0 Å². The molecule has 0 spiro atoms. The Bertz CT molecular complexity index is 894. The first kappa shape index (κ1) is 19.0. The highest BCUT2D eigenvalue weighted by atomic mass is 35.5. The van der Waals surface area contributed by atoms with Gasteiger partial charge in [-0.2, -0.15) is 5.26 Å². The van der Waals surface area contributed by atoms with Crippen LogP contribution in [0.15, 0.2) is 36.4 Å². The minimum absolute atomic E-state index is 0.149. The van der Waals surface area contributed by atoms with Crippen molar-refractivity contribution in [1.82, 2.24) is 0 Å². The third-order valence-corrected chi connectivity index (χ3v) is 3.68. The highest BCUT2D eigenvalue weighted by molar-refractivity contribution is 6.32. The maximum absolute atomic E-state index is 12.3. The molecule has 0 aromatic heterocycles. The zero-order valence-corrected chi connectivity index (χ0v) is 14.6. The van der Waals surface area contributed by atoms with Gasteiger partial charge in [0.1, 0.15) is 11.5 Å². The zero-order valence-electron chi connectivity index (χ0n) is 13.9. The van der Waals surface area contributed by atoms with Crippen LogP contribution in [0.4, 0.5) is 11.4 Å². The number of benzene rings is 2. The maximum Gasteiger partial charge on any atom is 0.273 e. The first-order valence-electron chi connectivity index (χ1n) is 7.35. The van der Waals surface area contributed by atoms with Crippen molar-refractivity contribution in [3.05, 3.63) is 57.1 Å². The second kappa shape index (κ2) is 8.18. The Hall–Kier alpha value is -3.31. The monoisotopic (exact) mass is 375 g/mol. The predicted molar refractivity (Wildman–Crippen MR) is 94.5 cm³/mol. The molecule has 8 nitrogen and oxygen atoms in total. The van der Waals surface area contributed by atoms with Gasteiger partial charge in [0.15, 0.2) is 6.10 Å². The summed E-state index contributed by atoms with van der Waals surface area (Å²) in [6.45, 7) is 1.52. The van der Waals surface area contributed by atoms with Gasteiger partial charge < -0.3 is 14.8 Å². The van der Waals surface area contributed by atoms with Crippen LogP contribution in [0.5, 0.6) is 11.5 Å². The number of carbonyl (C=O) groups is 1. The molecule has 0 saturated heterocycles. The average molecular weight is 376 g/mol. The van der Waals surface area contributed by atoms with Gasteiger partial charge in [0.25, 0.3) is 11.6 Å². The fourth-order valence-electron chi connectivity index (χ4n) is 2.04. The summed E-state index contributed by atoms with van der Waals surface area (Å²) in [5.41, 5.74) is 0.480. The van der Waals surface area contributed by atoms with Crippen LogP contribution in [0.25, 0.3) is 0 Å². The lowest BCUT2D eigenvalue weighted by Gasteiger charge is -2.16. The molecule has 0 heterocycles. The number of carbonyl (C=O) groups excluding carboxylic acids is 1. The number of hydrogen-bond acceptors (Lipinski definition) is 6. The molecule has 26 heavy (non-hydrogen) atoms. The number of hydrogen-bond donors (Lipinski definition) is 1. The molecular formula is C17H14ClN3O5. The van der Waals surface area contributed by atoms with Crippen molar-refractivity contribution in [2.24, 2.45) is 0 Å². The van der Waals surface area contributed by atoms with Crippen LogP contribution in [0.3, 0.4) is 0 Å². The normalized spacial score (nSPS) is 11.2. The molecule has 0 aliphatic rings. The average Bonchev–Trinajstić information content (AvgIpc) is 2.63. The van der Waals surface area contributed by atoms with Crippen LogP contribution in [-0.4, -0.2) is 24.0 Å². The van der Waals surface area contributed by atoms with Crippen LogP contribution < -0.4 is 14.8 Å². The summed E-state index contributed by atoms with van der Waals surface area (Å²) in [6, 6.07) is 10.2. The molecule has 0 unspecified atom stereocenters. The predicted octanol–water partition coefficient (Wildman–Crippen LogP) is 3.53. The van der Waals surface area contributed by atoms with E-state index in [1.54, 1.807) is 0 Å². The van der Waals surface area contributed by atoms with E-state index in [9.17, 15) is 14.9 Å². The molecular weight excluding hydrogens is 362 g/mol. The first-order valence-corrected chi connectivity index (χ1v) is 7.73. The molecule has 2 aromatic rings. The van der Waals surface area contributed by atoms with Crippen LogP contribution in [0, 0.1) is 21.4 Å². The number of nitriles is 1. The van der Waals surface area contributed by atoms with Crippen molar-refractivity contribution >= 4 is 28.9 Å². The minimum Gasteiger partial charge on any atom is -0.494 e. The highest BCUT2D eigenvalue weighted by Gasteiger charge is 2.19. The number of ether oxygens (including phenoxy) is 2. The van der Waals surface area contributed by atoms with Gasteiger partial charge in [0.05, 0.1) is 40.4 Å². The van der Waals surface area contributed by atoms with Gasteiger partial charge in [-0.25, -0.2) is 0 Å². The molecule has 9 heteroatoms. The van der Waals surface area contributed by atoms with Crippen molar-refractivity contribution in [2.45, 2.75) is 13.0 Å². The Morgan fingerprint density at radius 2 is 2.04 bits per heavy atom. The molecule has 0 saturated carbocycles. The second-order valence-electron chi connectivity index (χ2n) is 5.15. The molecule has 0 aliphatic heterocycles. The molecule has 1 amide bonds. The molecule has 0 aliphatic carbocycles. The Morgan fingerprint density at radius 1 is 1.31 bits per heavy atom. The molecule has 0 bridgehead atoms. The fraction of sp³-hybridized carbons (Fsp3) is 0.176. The molecule has 0 fully saturated rings. The number of anilines is 1.